The molecule has 1 saturated heterocycles. The van der Waals surface area contributed by atoms with Crippen molar-refractivity contribution in [2.45, 2.75) is 63.9 Å². The largest absolute Gasteiger partial charge is 0.455 e. The van der Waals surface area contributed by atoms with Crippen molar-refractivity contribution in [1.82, 2.24) is 14.9 Å². The van der Waals surface area contributed by atoms with E-state index in [9.17, 15) is 18.0 Å². The lowest BCUT2D eigenvalue weighted by molar-refractivity contribution is -0.123. The zero-order valence-electron chi connectivity index (χ0n) is 15.7. The van der Waals surface area contributed by atoms with Crippen LogP contribution in [-0.4, -0.2) is 49.7 Å². The topological polar surface area (TPSA) is 109 Å². The van der Waals surface area contributed by atoms with E-state index < -0.39 is 22.0 Å². The molecular weight excluding hydrogens is 358 g/mol. The number of carbonyl (C=O) groups is 2. The minimum absolute atomic E-state index is 0.00117. The molecule has 2 rings (SSSR count). The Bertz CT molecular complexity index is 765. The quantitative estimate of drug-likeness (QED) is 0.738. The van der Waals surface area contributed by atoms with Gasteiger partial charge < -0.3 is 15.1 Å². The van der Waals surface area contributed by atoms with Crippen molar-refractivity contribution >= 4 is 21.8 Å². The van der Waals surface area contributed by atoms with Gasteiger partial charge in [0.25, 0.3) is 5.91 Å². The number of hydrogen-bond donors (Lipinski definition) is 2. The van der Waals surface area contributed by atoms with Crippen molar-refractivity contribution in [1.29, 1.82) is 0 Å². The fraction of sp³-hybridized carbons (Fsp3) is 0.647. The maximum absolute atomic E-state index is 12.6. The lowest BCUT2D eigenvalue weighted by atomic mass is 10.2. The van der Waals surface area contributed by atoms with Crippen LogP contribution in [0.4, 0.5) is 0 Å². The highest BCUT2D eigenvalue weighted by Crippen LogP contribution is 2.26. The van der Waals surface area contributed by atoms with E-state index >= 15 is 0 Å². The first-order valence-electron chi connectivity index (χ1n) is 8.88. The molecule has 1 aliphatic heterocycles. The third-order valence-corrected chi connectivity index (χ3v) is 6.53. The number of aryl methyl sites for hydroxylation is 1. The molecule has 1 aromatic heterocycles. The number of furan rings is 1. The molecule has 1 aromatic rings. The molecule has 0 aromatic carbocycles. The average Bonchev–Trinajstić information content (AvgIpc) is 3.24. The standard InChI is InChI=1S/C17H27N3O5S/c1-5-11(2)18-16(21)12(3)19-17(22)14-10-15(13(4)25-14)26(23,24)20-8-6-7-9-20/h10-12H,5-9H2,1-4H3,(H,18,21)(H,19,22). The van der Waals surface area contributed by atoms with Gasteiger partial charge in [0.1, 0.15) is 16.7 Å². The Morgan fingerprint density at radius 1 is 1.23 bits per heavy atom. The van der Waals surface area contributed by atoms with Gasteiger partial charge in [-0.3, -0.25) is 9.59 Å². The molecule has 2 N–H and O–H groups in total. The van der Waals surface area contributed by atoms with Crippen molar-refractivity contribution in [3.05, 3.63) is 17.6 Å². The van der Waals surface area contributed by atoms with E-state index in [0.29, 0.717) is 13.1 Å². The molecule has 1 aliphatic rings. The van der Waals surface area contributed by atoms with Crippen LogP contribution in [0.25, 0.3) is 0 Å². The fourth-order valence-corrected chi connectivity index (χ4v) is 4.38. The van der Waals surface area contributed by atoms with Crippen molar-refractivity contribution in [2.75, 3.05) is 13.1 Å². The monoisotopic (exact) mass is 385 g/mol. The Balaban J connectivity index is 2.10. The van der Waals surface area contributed by atoms with Gasteiger partial charge in [-0.25, -0.2) is 8.42 Å². The third-order valence-electron chi connectivity index (χ3n) is 4.52. The van der Waals surface area contributed by atoms with Gasteiger partial charge in [0, 0.05) is 25.2 Å². The van der Waals surface area contributed by atoms with Crippen LogP contribution in [0.15, 0.2) is 15.4 Å². The fourth-order valence-electron chi connectivity index (χ4n) is 2.70. The summed E-state index contributed by atoms with van der Waals surface area (Å²) in [4.78, 5) is 24.4. The van der Waals surface area contributed by atoms with Crippen LogP contribution < -0.4 is 10.6 Å². The Hall–Kier alpha value is -1.87. The van der Waals surface area contributed by atoms with Crippen molar-refractivity contribution in [3.63, 3.8) is 0 Å². The second-order valence-corrected chi connectivity index (χ2v) is 8.56. The highest BCUT2D eigenvalue weighted by molar-refractivity contribution is 7.89. The van der Waals surface area contributed by atoms with E-state index in [1.54, 1.807) is 6.92 Å². The minimum atomic E-state index is -3.67. The second-order valence-electron chi connectivity index (χ2n) is 6.66. The van der Waals surface area contributed by atoms with Crippen LogP contribution in [0.3, 0.4) is 0 Å². The van der Waals surface area contributed by atoms with Gasteiger partial charge in [-0.2, -0.15) is 4.31 Å². The normalized spacial score (nSPS) is 17.7. The molecule has 2 amide bonds. The summed E-state index contributed by atoms with van der Waals surface area (Å²) in [6, 6.07) is 0.475. The van der Waals surface area contributed by atoms with Gasteiger partial charge in [-0.1, -0.05) is 6.92 Å². The Kier molecular flexibility index (Phi) is 6.46. The summed E-state index contributed by atoms with van der Waals surface area (Å²) in [7, 11) is -3.67. The molecule has 0 radical (unpaired) electrons. The maximum atomic E-state index is 12.6. The SMILES string of the molecule is CCC(C)NC(=O)C(C)NC(=O)c1cc(S(=O)(=O)N2CCCC2)c(C)o1. The zero-order valence-corrected chi connectivity index (χ0v) is 16.5. The van der Waals surface area contributed by atoms with E-state index in [4.69, 9.17) is 4.42 Å². The van der Waals surface area contributed by atoms with E-state index in [1.165, 1.54) is 17.3 Å². The number of rotatable bonds is 7. The first kappa shape index (κ1) is 20.4. The smallest absolute Gasteiger partial charge is 0.287 e. The number of nitrogens with one attached hydrogen (secondary N) is 2. The summed E-state index contributed by atoms with van der Waals surface area (Å²) >= 11 is 0. The van der Waals surface area contributed by atoms with Crippen molar-refractivity contribution < 1.29 is 22.4 Å². The highest BCUT2D eigenvalue weighted by Gasteiger charge is 2.32. The molecule has 2 atom stereocenters. The summed E-state index contributed by atoms with van der Waals surface area (Å²) < 4.78 is 32.0. The second kappa shape index (κ2) is 8.22. The number of amides is 2. The first-order valence-corrected chi connectivity index (χ1v) is 10.3. The predicted molar refractivity (Wildman–Crippen MR) is 96.3 cm³/mol. The molecule has 1 fully saturated rings. The summed E-state index contributed by atoms with van der Waals surface area (Å²) in [5.74, 6) is -0.883. The Morgan fingerprint density at radius 3 is 2.42 bits per heavy atom. The number of nitrogens with zero attached hydrogens (tertiary/aromatic N) is 1. The molecule has 2 unspecified atom stereocenters. The average molecular weight is 385 g/mol. The number of carbonyl (C=O) groups excluding carboxylic acids is 2. The lowest BCUT2D eigenvalue weighted by Gasteiger charge is -2.16. The first-order chi connectivity index (χ1) is 12.2. The Labute approximate surface area is 154 Å². The summed E-state index contributed by atoms with van der Waals surface area (Å²) in [6.45, 7) is 7.84. The molecule has 9 heteroatoms. The van der Waals surface area contributed by atoms with E-state index in [1.807, 2.05) is 13.8 Å². The molecule has 8 nitrogen and oxygen atoms in total. The van der Waals surface area contributed by atoms with Gasteiger partial charge >= 0.3 is 0 Å². The summed E-state index contributed by atoms with van der Waals surface area (Å²) in [5.41, 5.74) is 0. The van der Waals surface area contributed by atoms with Crippen LogP contribution in [0, 0.1) is 6.92 Å². The van der Waals surface area contributed by atoms with Gasteiger partial charge in [0.2, 0.25) is 15.9 Å². The molecule has 2 heterocycles. The van der Waals surface area contributed by atoms with Crippen LogP contribution >= 0.6 is 0 Å². The van der Waals surface area contributed by atoms with E-state index in [-0.39, 0.29) is 28.4 Å². The van der Waals surface area contributed by atoms with Gasteiger partial charge in [-0.15, -0.1) is 0 Å². The third kappa shape index (κ3) is 4.45. The lowest BCUT2D eigenvalue weighted by Crippen LogP contribution is -2.47. The number of hydrogen-bond acceptors (Lipinski definition) is 5. The summed E-state index contributed by atoms with van der Waals surface area (Å²) in [6.07, 6.45) is 2.43. The number of sulfonamides is 1. The van der Waals surface area contributed by atoms with Crippen LogP contribution in [0.2, 0.25) is 0 Å². The van der Waals surface area contributed by atoms with Crippen LogP contribution in [-0.2, 0) is 14.8 Å². The molecular formula is C17H27N3O5S. The maximum Gasteiger partial charge on any atom is 0.287 e. The molecule has 0 spiro atoms. The van der Waals surface area contributed by atoms with Crippen LogP contribution in [0.1, 0.15) is 56.3 Å². The van der Waals surface area contributed by atoms with Gasteiger partial charge in [0.15, 0.2) is 5.76 Å². The van der Waals surface area contributed by atoms with Gasteiger partial charge in [-0.05, 0) is 40.0 Å². The molecule has 0 aliphatic carbocycles. The summed E-state index contributed by atoms with van der Waals surface area (Å²) in [5, 5.41) is 5.31. The predicted octanol–water partition coefficient (Wildman–Crippen LogP) is 1.41. The van der Waals surface area contributed by atoms with Gasteiger partial charge in [0.05, 0.1) is 0 Å². The molecule has 26 heavy (non-hydrogen) atoms. The molecule has 0 saturated carbocycles. The zero-order chi connectivity index (χ0) is 19.5. The van der Waals surface area contributed by atoms with E-state index in [2.05, 4.69) is 10.6 Å². The van der Waals surface area contributed by atoms with Crippen molar-refractivity contribution in [2.24, 2.45) is 0 Å². The molecule has 146 valence electrons. The van der Waals surface area contributed by atoms with E-state index in [0.717, 1.165) is 19.3 Å². The van der Waals surface area contributed by atoms with Crippen LogP contribution in [0.5, 0.6) is 0 Å². The highest BCUT2D eigenvalue weighted by atomic mass is 32.2. The Morgan fingerprint density at radius 2 is 1.85 bits per heavy atom. The minimum Gasteiger partial charge on any atom is -0.455 e. The van der Waals surface area contributed by atoms with Crippen molar-refractivity contribution in [3.8, 4) is 0 Å². The molecule has 0 bridgehead atoms.